The van der Waals surface area contributed by atoms with Crippen molar-refractivity contribution < 1.29 is 8.78 Å². The second kappa shape index (κ2) is 3.90. The smallest absolute Gasteiger partial charge is 0.189 e. The van der Waals surface area contributed by atoms with Crippen LogP contribution in [0.4, 0.5) is 8.78 Å². The van der Waals surface area contributed by atoms with Crippen LogP contribution in [-0.2, 0) is 0 Å². The Morgan fingerprint density at radius 2 is 2.00 bits per heavy atom. The molecular weight excluding hydrogens is 242 g/mol. The van der Waals surface area contributed by atoms with Gasteiger partial charge in [0.2, 0.25) is 0 Å². The Balaban J connectivity index is 2.85. The third-order valence-corrected chi connectivity index (χ3v) is 2.67. The van der Waals surface area contributed by atoms with Gasteiger partial charge in [0.15, 0.2) is 11.0 Å². The number of hydrogen-bond donors (Lipinski definition) is 0. The number of hydrogen-bond acceptors (Lipinski definition) is 3. The molecule has 0 aliphatic rings. The normalized spacial score (nSPS) is 10.9. The molecule has 1 aromatic carbocycles. The maximum Gasteiger partial charge on any atom is 0.189 e. The lowest BCUT2D eigenvalue weighted by Crippen LogP contribution is -1.93. The van der Waals surface area contributed by atoms with E-state index in [0.29, 0.717) is 5.16 Å². The summed E-state index contributed by atoms with van der Waals surface area (Å²) in [6, 6.07) is 1.89. The van der Waals surface area contributed by atoms with Crippen molar-refractivity contribution in [2.75, 3.05) is 6.26 Å². The second-order valence-corrected chi connectivity index (χ2v) is 3.92. The summed E-state index contributed by atoms with van der Waals surface area (Å²) in [5, 5.41) is 0.604. The highest BCUT2D eigenvalue weighted by molar-refractivity contribution is 7.98. The Morgan fingerprint density at radius 1 is 1.27 bits per heavy atom. The highest BCUT2D eigenvalue weighted by atomic mass is 35.5. The molecule has 0 aliphatic heterocycles. The fourth-order valence-corrected chi connectivity index (χ4v) is 1.83. The summed E-state index contributed by atoms with van der Waals surface area (Å²) in [5.74, 6) is -1.42. The first kappa shape index (κ1) is 10.6. The zero-order valence-corrected chi connectivity index (χ0v) is 9.16. The second-order valence-electron chi connectivity index (χ2n) is 2.78. The third kappa shape index (κ3) is 1.89. The Hall–Kier alpha value is -0.940. The minimum atomic E-state index is -0.732. The summed E-state index contributed by atoms with van der Waals surface area (Å²) in [4.78, 5) is 7.81. The molecule has 0 aliphatic carbocycles. The summed E-state index contributed by atoms with van der Waals surface area (Å²) in [7, 11) is 0. The number of aromatic nitrogens is 2. The van der Waals surface area contributed by atoms with Crippen LogP contribution in [0, 0.1) is 11.6 Å². The van der Waals surface area contributed by atoms with Gasteiger partial charge in [-0.1, -0.05) is 23.4 Å². The van der Waals surface area contributed by atoms with Gasteiger partial charge in [-0.15, -0.1) is 0 Å². The SMILES string of the molecule is CSc1nc(Cl)c2cc(F)cc(F)c2n1. The van der Waals surface area contributed by atoms with E-state index in [1.807, 2.05) is 0 Å². The van der Waals surface area contributed by atoms with Crippen molar-refractivity contribution in [1.29, 1.82) is 0 Å². The fraction of sp³-hybridized carbons (Fsp3) is 0.111. The zero-order valence-electron chi connectivity index (χ0n) is 7.59. The zero-order chi connectivity index (χ0) is 11.0. The van der Waals surface area contributed by atoms with E-state index in [2.05, 4.69) is 9.97 Å². The number of halogens is 3. The molecule has 0 N–H and O–H groups in total. The number of fused-ring (bicyclic) bond motifs is 1. The van der Waals surface area contributed by atoms with Gasteiger partial charge in [-0.25, -0.2) is 18.7 Å². The Labute approximate surface area is 93.7 Å². The molecule has 0 unspecified atom stereocenters. The minimum absolute atomic E-state index is 0.0424. The van der Waals surface area contributed by atoms with Gasteiger partial charge in [-0.3, -0.25) is 0 Å². The molecule has 2 nitrogen and oxygen atoms in total. The van der Waals surface area contributed by atoms with Crippen LogP contribution in [0.3, 0.4) is 0 Å². The van der Waals surface area contributed by atoms with E-state index in [9.17, 15) is 8.78 Å². The average molecular weight is 247 g/mol. The van der Waals surface area contributed by atoms with Crippen LogP contribution in [0.2, 0.25) is 5.15 Å². The molecule has 0 radical (unpaired) electrons. The summed E-state index contributed by atoms with van der Waals surface area (Å²) < 4.78 is 26.2. The maximum absolute atomic E-state index is 13.3. The summed E-state index contributed by atoms with van der Waals surface area (Å²) in [6.45, 7) is 0. The van der Waals surface area contributed by atoms with Crippen molar-refractivity contribution in [2.24, 2.45) is 0 Å². The molecule has 0 atom stereocenters. The highest BCUT2D eigenvalue weighted by Crippen LogP contribution is 2.26. The molecule has 15 heavy (non-hydrogen) atoms. The molecule has 0 saturated heterocycles. The van der Waals surface area contributed by atoms with Crippen LogP contribution in [0.25, 0.3) is 10.9 Å². The lowest BCUT2D eigenvalue weighted by Gasteiger charge is -2.03. The Bertz CT molecular complexity index is 533. The minimum Gasteiger partial charge on any atom is -0.219 e. The van der Waals surface area contributed by atoms with Crippen LogP contribution in [0.5, 0.6) is 0 Å². The molecule has 2 aromatic rings. The summed E-state index contributed by atoms with van der Waals surface area (Å²) in [5.41, 5.74) is 0.0424. The van der Waals surface area contributed by atoms with Gasteiger partial charge in [-0.2, -0.15) is 0 Å². The van der Waals surface area contributed by atoms with Crippen molar-refractivity contribution in [1.82, 2.24) is 9.97 Å². The number of nitrogens with zero attached hydrogens (tertiary/aromatic N) is 2. The molecular formula is C9H5ClF2N2S. The monoisotopic (exact) mass is 246 g/mol. The molecule has 0 saturated carbocycles. The quantitative estimate of drug-likeness (QED) is 0.439. The highest BCUT2D eigenvalue weighted by Gasteiger charge is 2.11. The van der Waals surface area contributed by atoms with E-state index >= 15 is 0 Å². The van der Waals surface area contributed by atoms with Crippen molar-refractivity contribution in [3.63, 3.8) is 0 Å². The molecule has 0 fully saturated rings. The van der Waals surface area contributed by atoms with Crippen molar-refractivity contribution in [2.45, 2.75) is 5.16 Å². The third-order valence-electron chi connectivity index (χ3n) is 1.83. The standard InChI is InChI=1S/C9H5ClF2N2S/c1-15-9-13-7-5(8(10)14-9)2-4(11)3-6(7)12/h2-3H,1H3. The molecule has 1 aromatic heterocycles. The first-order valence-electron chi connectivity index (χ1n) is 3.98. The van der Waals surface area contributed by atoms with Gasteiger partial charge in [-0.05, 0) is 12.3 Å². The van der Waals surface area contributed by atoms with Crippen molar-refractivity contribution in [3.05, 3.63) is 28.9 Å². The van der Waals surface area contributed by atoms with Crippen LogP contribution in [-0.4, -0.2) is 16.2 Å². The van der Waals surface area contributed by atoms with E-state index in [4.69, 9.17) is 11.6 Å². The molecule has 0 bridgehead atoms. The number of benzene rings is 1. The molecule has 0 spiro atoms. The van der Waals surface area contributed by atoms with Crippen LogP contribution in [0.15, 0.2) is 17.3 Å². The molecule has 2 rings (SSSR count). The average Bonchev–Trinajstić information content (AvgIpc) is 2.19. The predicted octanol–water partition coefficient (Wildman–Crippen LogP) is 3.28. The van der Waals surface area contributed by atoms with Gasteiger partial charge >= 0.3 is 0 Å². The fourth-order valence-electron chi connectivity index (χ4n) is 1.19. The molecule has 6 heteroatoms. The largest absolute Gasteiger partial charge is 0.219 e. The van der Waals surface area contributed by atoms with Gasteiger partial charge in [0.25, 0.3) is 0 Å². The maximum atomic E-state index is 13.3. The molecule has 1 heterocycles. The summed E-state index contributed by atoms with van der Waals surface area (Å²) in [6.07, 6.45) is 1.75. The number of rotatable bonds is 1. The predicted molar refractivity (Wildman–Crippen MR) is 56.2 cm³/mol. The molecule has 0 amide bonds. The first-order chi connectivity index (χ1) is 7.11. The van der Waals surface area contributed by atoms with Crippen molar-refractivity contribution in [3.8, 4) is 0 Å². The summed E-state index contributed by atoms with van der Waals surface area (Å²) >= 11 is 7.03. The van der Waals surface area contributed by atoms with E-state index < -0.39 is 11.6 Å². The van der Waals surface area contributed by atoms with Gasteiger partial charge in [0, 0.05) is 11.5 Å². The topological polar surface area (TPSA) is 25.8 Å². The Morgan fingerprint density at radius 3 is 2.67 bits per heavy atom. The number of thioether (sulfide) groups is 1. The van der Waals surface area contributed by atoms with E-state index in [1.54, 1.807) is 6.26 Å². The molecule has 78 valence electrons. The Kier molecular flexibility index (Phi) is 2.75. The van der Waals surface area contributed by atoms with Gasteiger partial charge in [0.1, 0.15) is 16.5 Å². The van der Waals surface area contributed by atoms with E-state index in [1.165, 1.54) is 11.8 Å². The first-order valence-corrected chi connectivity index (χ1v) is 5.58. The van der Waals surface area contributed by atoms with Gasteiger partial charge in [0.05, 0.1) is 0 Å². The van der Waals surface area contributed by atoms with E-state index in [0.717, 1.165) is 12.1 Å². The lowest BCUT2D eigenvalue weighted by atomic mass is 10.2. The van der Waals surface area contributed by atoms with E-state index in [-0.39, 0.29) is 16.1 Å². The van der Waals surface area contributed by atoms with Crippen LogP contribution in [0.1, 0.15) is 0 Å². The van der Waals surface area contributed by atoms with Crippen LogP contribution < -0.4 is 0 Å². The van der Waals surface area contributed by atoms with Crippen molar-refractivity contribution >= 4 is 34.3 Å². The lowest BCUT2D eigenvalue weighted by molar-refractivity contribution is 0.589. The van der Waals surface area contributed by atoms with Gasteiger partial charge < -0.3 is 0 Å². The van der Waals surface area contributed by atoms with Crippen LogP contribution >= 0.6 is 23.4 Å².